The summed E-state index contributed by atoms with van der Waals surface area (Å²) in [6.45, 7) is 2.11. The Kier molecular flexibility index (Phi) is 3.65. The van der Waals surface area contributed by atoms with Crippen LogP contribution in [0.4, 0.5) is 11.9 Å². The molecule has 122 valence electrons. The van der Waals surface area contributed by atoms with Crippen LogP contribution < -0.4 is 11.1 Å². The van der Waals surface area contributed by atoms with Gasteiger partial charge in [0.15, 0.2) is 0 Å². The SMILES string of the molecule is Cc1ccccc1[C@H]1C[C@H](c2ccccc2Cl)Nc2nc(N)nn21. The Morgan fingerprint density at radius 3 is 2.58 bits per heavy atom. The van der Waals surface area contributed by atoms with Crippen LogP contribution in [0.5, 0.6) is 0 Å². The molecule has 0 aliphatic carbocycles. The molecule has 0 radical (unpaired) electrons. The highest BCUT2D eigenvalue weighted by Crippen LogP contribution is 2.40. The molecule has 0 saturated carbocycles. The van der Waals surface area contributed by atoms with Crippen LogP contribution in [-0.4, -0.2) is 14.8 Å². The molecule has 0 spiro atoms. The number of aryl methyl sites for hydroxylation is 1. The van der Waals surface area contributed by atoms with E-state index in [0.717, 1.165) is 17.0 Å². The summed E-state index contributed by atoms with van der Waals surface area (Å²) in [5, 5.41) is 8.56. The number of anilines is 2. The van der Waals surface area contributed by atoms with E-state index in [1.165, 1.54) is 11.1 Å². The molecule has 6 heteroatoms. The number of nitrogens with one attached hydrogen (secondary N) is 1. The Balaban J connectivity index is 1.81. The third-order valence-corrected chi connectivity index (χ3v) is 4.88. The highest BCUT2D eigenvalue weighted by Gasteiger charge is 2.32. The Morgan fingerprint density at radius 2 is 1.83 bits per heavy atom. The second-order valence-electron chi connectivity index (χ2n) is 6.06. The van der Waals surface area contributed by atoms with Crippen molar-refractivity contribution < 1.29 is 0 Å². The second-order valence-corrected chi connectivity index (χ2v) is 6.47. The fraction of sp³-hybridized carbons (Fsp3) is 0.222. The number of halogens is 1. The van der Waals surface area contributed by atoms with E-state index in [2.05, 4.69) is 40.5 Å². The number of fused-ring (bicyclic) bond motifs is 1. The molecule has 0 amide bonds. The van der Waals surface area contributed by atoms with Gasteiger partial charge >= 0.3 is 0 Å². The van der Waals surface area contributed by atoms with Crippen molar-refractivity contribution in [2.75, 3.05) is 11.1 Å². The molecule has 24 heavy (non-hydrogen) atoms. The molecule has 5 nitrogen and oxygen atoms in total. The van der Waals surface area contributed by atoms with Gasteiger partial charge in [0.05, 0.1) is 12.1 Å². The molecule has 4 rings (SSSR count). The van der Waals surface area contributed by atoms with E-state index in [1.54, 1.807) is 0 Å². The monoisotopic (exact) mass is 339 g/mol. The van der Waals surface area contributed by atoms with Crippen molar-refractivity contribution in [3.8, 4) is 0 Å². The number of nitrogens with zero attached hydrogens (tertiary/aromatic N) is 3. The van der Waals surface area contributed by atoms with Crippen molar-refractivity contribution in [2.45, 2.75) is 25.4 Å². The van der Waals surface area contributed by atoms with Crippen LogP contribution in [0.15, 0.2) is 48.5 Å². The third kappa shape index (κ3) is 2.51. The molecule has 1 aliphatic heterocycles. The average Bonchev–Trinajstić information content (AvgIpc) is 2.95. The number of hydrogen-bond acceptors (Lipinski definition) is 4. The van der Waals surface area contributed by atoms with Crippen molar-refractivity contribution in [1.29, 1.82) is 0 Å². The molecule has 2 heterocycles. The fourth-order valence-electron chi connectivity index (χ4n) is 3.38. The lowest BCUT2D eigenvalue weighted by Gasteiger charge is -2.32. The first-order valence-electron chi connectivity index (χ1n) is 7.92. The van der Waals surface area contributed by atoms with Crippen LogP contribution in [0.25, 0.3) is 0 Å². The molecule has 2 aromatic carbocycles. The third-order valence-electron chi connectivity index (χ3n) is 4.53. The van der Waals surface area contributed by atoms with Gasteiger partial charge in [-0.15, -0.1) is 5.10 Å². The molecule has 1 aromatic heterocycles. The first-order valence-corrected chi connectivity index (χ1v) is 8.30. The van der Waals surface area contributed by atoms with Gasteiger partial charge in [0, 0.05) is 5.02 Å². The van der Waals surface area contributed by atoms with Gasteiger partial charge in [-0.2, -0.15) is 4.98 Å². The summed E-state index contributed by atoms with van der Waals surface area (Å²) in [7, 11) is 0. The first-order chi connectivity index (χ1) is 11.6. The zero-order valence-electron chi connectivity index (χ0n) is 13.3. The lowest BCUT2D eigenvalue weighted by Crippen LogP contribution is -2.28. The summed E-state index contributed by atoms with van der Waals surface area (Å²) in [6, 6.07) is 16.4. The van der Waals surface area contributed by atoms with Crippen LogP contribution in [-0.2, 0) is 0 Å². The van der Waals surface area contributed by atoms with Gasteiger partial charge in [0.25, 0.3) is 0 Å². The zero-order valence-corrected chi connectivity index (χ0v) is 14.0. The maximum atomic E-state index is 6.41. The van der Waals surface area contributed by atoms with Gasteiger partial charge in [-0.25, -0.2) is 4.68 Å². The van der Waals surface area contributed by atoms with E-state index in [4.69, 9.17) is 17.3 Å². The Morgan fingerprint density at radius 1 is 1.12 bits per heavy atom. The summed E-state index contributed by atoms with van der Waals surface area (Å²) in [5.41, 5.74) is 9.35. The molecule has 0 saturated heterocycles. The standard InChI is InChI=1S/C18H18ClN5/c1-11-6-2-3-7-12(11)16-10-15(13-8-4-5-9-14(13)19)21-18-22-17(20)23-24(16)18/h2-9,15-16H,10H2,1H3,(H3,20,21,22,23)/t15-,16-/m1/s1. The molecular weight excluding hydrogens is 322 g/mol. The summed E-state index contributed by atoms with van der Waals surface area (Å²) >= 11 is 6.41. The van der Waals surface area contributed by atoms with Crippen LogP contribution in [0.2, 0.25) is 5.02 Å². The minimum atomic E-state index is 0.0550. The maximum absolute atomic E-state index is 6.41. The molecule has 3 aromatic rings. The number of nitrogen functional groups attached to an aromatic ring is 1. The summed E-state index contributed by atoms with van der Waals surface area (Å²) in [4.78, 5) is 4.34. The van der Waals surface area contributed by atoms with Crippen molar-refractivity contribution in [2.24, 2.45) is 0 Å². The van der Waals surface area contributed by atoms with E-state index < -0.39 is 0 Å². The van der Waals surface area contributed by atoms with Crippen LogP contribution in [0, 0.1) is 6.92 Å². The fourth-order valence-corrected chi connectivity index (χ4v) is 3.64. The summed E-state index contributed by atoms with van der Waals surface area (Å²) in [5.74, 6) is 0.952. The van der Waals surface area contributed by atoms with Gasteiger partial charge in [0.1, 0.15) is 0 Å². The van der Waals surface area contributed by atoms with E-state index in [9.17, 15) is 0 Å². The summed E-state index contributed by atoms with van der Waals surface area (Å²) < 4.78 is 1.88. The van der Waals surface area contributed by atoms with E-state index in [-0.39, 0.29) is 18.0 Å². The van der Waals surface area contributed by atoms with Gasteiger partial charge in [0.2, 0.25) is 11.9 Å². The molecule has 0 fully saturated rings. The summed E-state index contributed by atoms with van der Waals surface area (Å²) in [6.07, 6.45) is 0.824. The topological polar surface area (TPSA) is 68.8 Å². The van der Waals surface area contributed by atoms with Crippen molar-refractivity contribution >= 4 is 23.5 Å². The molecular formula is C18H18ClN5. The molecule has 3 N–H and O–H groups in total. The second kappa shape index (κ2) is 5.83. The van der Waals surface area contributed by atoms with Crippen LogP contribution >= 0.6 is 11.6 Å². The number of nitrogens with two attached hydrogens (primary N) is 1. The van der Waals surface area contributed by atoms with Gasteiger partial charge in [-0.3, -0.25) is 0 Å². The predicted octanol–water partition coefficient (Wildman–Crippen LogP) is 3.97. The van der Waals surface area contributed by atoms with Gasteiger partial charge in [-0.05, 0) is 36.1 Å². The van der Waals surface area contributed by atoms with Crippen LogP contribution in [0.3, 0.4) is 0 Å². The molecule has 0 bridgehead atoms. The maximum Gasteiger partial charge on any atom is 0.241 e. The number of aromatic nitrogens is 3. The van der Waals surface area contributed by atoms with Crippen molar-refractivity contribution in [3.63, 3.8) is 0 Å². The zero-order chi connectivity index (χ0) is 16.7. The lowest BCUT2D eigenvalue weighted by atomic mass is 9.91. The quantitative estimate of drug-likeness (QED) is 0.741. The minimum Gasteiger partial charge on any atom is -0.366 e. The van der Waals surface area contributed by atoms with Crippen molar-refractivity contribution in [3.05, 3.63) is 70.2 Å². The van der Waals surface area contributed by atoms with E-state index in [1.807, 2.05) is 35.0 Å². The number of rotatable bonds is 2. The lowest BCUT2D eigenvalue weighted by molar-refractivity contribution is 0.430. The molecule has 1 aliphatic rings. The number of hydrogen-bond donors (Lipinski definition) is 2. The van der Waals surface area contributed by atoms with Crippen molar-refractivity contribution in [1.82, 2.24) is 14.8 Å². The number of benzene rings is 2. The smallest absolute Gasteiger partial charge is 0.241 e. The Labute approximate surface area is 145 Å². The Bertz CT molecular complexity index is 889. The predicted molar refractivity (Wildman–Crippen MR) is 96.2 cm³/mol. The highest BCUT2D eigenvalue weighted by molar-refractivity contribution is 6.31. The minimum absolute atomic E-state index is 0.0550. The van der Waals surface area contributed by atoms with E-state index >= 15 is 0 Å². The van der Waals surface area contributed by atoms with Gasteiger partial charge < -0.3 is 11.1 Å². The first kappa shape index (κ1) is 15.0. The van der Waals surface area contributed by atoms with Crippen LogP contribution in [0.1, 0.15) is 35.2 Å². The molecule has 0 unspecified atom stereocenters. The van der Waals surface area contributed by atoms with Gasteiger partial charge in [-0.1, -0.05) is 54.1 Å². The highest BCUT2D eigenvalue weighted by atomic mass is 35.5. The average molecular weight is 340 g/mol. The normalized spacial score (nSPS) is 19.6. The Hall–Kier alpha value is -2.53. The van der Waals surface area contributed by atoms with E-state index in [0.29, 0.717) is 5.95 Å². The molecule has 2 atom stereocenters. The largest absolute Gasteiger partial charge is 0.366 e.